The largest absolute Gasteiger partial charge is 0.465 e. The van der Waals surface area contributed by atoms with Crippen LogP contribution in [0.3, 0.4) is 0 Å². The molecule has 4 nitrogen and oxygen atoms in total. The normalized spacial score (nSPS) is 14.8. The van der Waals surface area contributed by atoms with Crippen LogP contribution in [0.1, 0.15) is 28.8 Å². The number of carbonyl (C=O) groups is 2. The third kappa shape index (κ3) is 3.12. The van der Waals surface area contributed by atoms with E-state index in [2.05, 4.69) is 10.1 Å². The third-order valence-electron chi connectivity index (χ3n) is 4.22. The highest BCUT2D eigenvalue weighted by atomic mass is 35.5. The van der Waals surface area contributed by atoms with E-state index in [-0.39, 0.29) is 5.91 Å². The number of nitrogens with one attached hydrogen (secondary N) is 1. The molecule has 1 saturated carbocycles. The van der Waals surface area contributed by atoms with Gasteiger partial charge >= 0.3 is 5.97 Å². The lowest BCUT2D eigenvalue weighted by Gasteiger charge is -2.17. The molecule has 0 saturated heterocycles. The zero-order valence-electron chi connectivity index (χ0n) is 12.9. The number of amides is 1. The highest BCUT2D eigenvalue weighted by molar-refractivity contribution is 6.34. The first-order chi connectivity index (χ1) is 11.5. The Morgan fingerprint density at radius 3 is 2.33 bits per heavy atom. The summed E-state index contributed by atoms with van der Waals surface area (Å²) in [5, 5.41) is 3.83. The van der Waals surface area contributed by atoms with Gasteiger partial charge < -0.3 is 10.1 Å². The van der Waals surface area contributed by atoms with Gasteiger partial charge in [0.05, 0.1) is 28.8 Å². The van der Waals surface area contributed by atoms with Crippen molar-refractivity contribution < 1.29 is 14.3 Å². The van der Waals surface area contributed by atoms with Crippen LogP contribution in [0.4, 0.5) is 5.69 Å². The van der Waals surface area contributed by atoms with Gasteiger partial charge in [0.15, 0.2) is 0 Å². The minimum Gasteiger partial charge on any atom is -0.465 e. The molecule has 1 fully saturated rings. The third-order valence-corrected chi connectivity index (χ3v) is 4.80. The number of esters is 1. The van der Waals surface area contributed by atoms with Gasteiger partial charge in [-0.1, -0.05) is 35.3 Å². The molecule has 24 heavy (non-hydrogen) atoms. The fourth-order valence-corrected chi connectivity index (χ4v) is 2.94. The average Bonchev–Trinajstić information content (AvgIpc) is 3.38. The number of hydrogen-bond acceptors (Lipinski definition) is 3. The summed E-state index contributed by atoms with van der Waals surface area (Å²) in [5.74, 6) is -0.630. The summed E-state index contributed by atoms with van der Waals surface area (Å²) in [7, 11) is 1.30. The summed E-state index contributed by atoms with van der Waals surface area (Å²) >= 11 is 12.1. The number of benzene rings is 2. The predicted molar refractivity (Wildman–Crippen MR) is 93.8 cm³/mol. The van der Waals surface area contributed by atoms with Crippen molar-refractivity contribution in [2.24, 2.45) is 0 Å². The summed E-state index contributed by atoms with van der Waals surface area (Å²) in [6, 6.07) is 11.9. The van der Waals surface area contributed by atoms with Gasteiger partial charge in [0, 0.05) is 5.02 Å². The Balaban J connectivity index is 1.85. The first-order valence-electron chi connectivity index (χ1n) is 7.42. The van der Waals surface area contributed by atoms with E-state index in [1.807, 2.05) is 12.1 Å². The van der Waals surface area contributed by atoms with Gasteiger partial charge in [-0.15, -0.1) is 0 Å². The van der Waals surface area contributed by atoms with Crippen molar-refractivity contribution in [3.63, 3.8) is 0 Å². The molecule has 0 heterocycles. The SMILES string of the molecule is COC(=O)c1ccc(Cl)c(NC(=O)C2(c3ccc(Cl)cc3)CC2)c1. The van der Waals surface area contributed by atoms with Crippen LogP contribution in [0.25, 0.3) is 0 Å². The lowest BCUT2D eigenvalue weighted by atomic mass is 9.95. The molecule has 0 radical (unpaired) electrons. The Morgan fingerprint density at radius 2 is 1.75 bits per heavy atom. The number of carbonyl (C=O) groups excluding carboxylic acids is 2. The quantitative estimate of drug-likeness (QED) is 0.816. The Bertz CT molecular complexity index is 798. The second-order valence-electron chi connectivity index (χ2n) is 5.73. The summed E-state index contributed by atoms with van der Waals surface area (Å²) in [5.41, 5.74) is 1.08. The topological polar surface area (TPSA) is 55.4 Å². The van der Waals surface area contributed by atoms with Gasteiger partial charge in [-0.25, -0.2) is 4.79 Å². The van der Waals surface area contributed by atoms with E-state index in [1.54, 1.807) is 24.3 Å². The van der Waals surface area contributed by atoms with Crippen LogP contribution in [0.5, 0.6) is 0 Å². The smallest absolute Gasteiger partial charge is 0.337 e. The maximum Gasteiger partial charge on any atom is 0.337 e. The molecule has 0 bridgehead atoms. The highest BCUT2D eigenvalue weighted by Gasteiger charge is 2.51. The number of ether oxygens (including phenoxy) is 1. The summed E-state index contributed by atoms with van der Waals surface area (Å²) in [4.78, 5) is 24.4. The van der Waals surface area contributed by atoms with E-state index in [0.29, 0.717) is 21.3 Å². The number of anilines is 1. The Morgan fingerprint density at radius 1 is 1.08 bits per heavy atom. The van der Waals surface area contributed by atoms with Crippen LogP contribution >= 0.6 is 23.2 Å². The zero-order chi connectivity index (χ0) is 17.3. The van der Waals surface area contributed by atoms with Crippen molar-refractivity contribution in [1.29, 1.82) is 0 Å². The molecule has 0 atom stereocenters. The average molecular weight is 364 g/mol. The Hall–Kier alpha value is -2.04. The molecule has 3 rings (SSSR count). The van der Waals surface area contributed by atoms with Gasteiger partial charge in [-0.3, -0.25) is 4.79 Å². The fraction of sp³-hybridized carbons (Fsp3) is 0.222. The second kappa shape index (κ2) is 6.46. The zero-order valence-corrected chi connectivity index (χ0v) is 14.4. The van der Waals surface area contributed by atoms with Crippen LogP contribution in [-0.2, 0) is 14.9 Å². The number of hydrogen-bond donors (Lipinski definition) is 1. The molecular weight excluding hydrogens is 349 g/mol. The number of rotatable bonds is 4. The predicted octanol–water partition coefficient (Wildman–Crippen LogP) is 4.45. The Labute approximate surface area is 149 Å². The first-order valence-corrected chi connectivity index (χ1v) is 8.17. The molecule has 1 aliphatic rings. The van der Waals surface area contributed by atoms with Crippen molar-refractivity contribution in [3.05, 3.63) is 63.6 Å². The van der Waals surface area contributed by atoms with Crippen molar-refractivity contribution in [2.75, 3.05) is 12.4 Å². The van der Waals surface area contributed by atoms with E-state index < -0.39 is 11.4 Å². The standard InChI is InChI=1S/C18H15Cl2NO3/c1-24-16(22)11-2-7-14(20)15(10-11)21-17(23)18(8-9-18)12-3-5-13(19)6-4-12/h2-7,10H,8-9H2,1H3,(H,21,23). The summed E-state index contributed by atoms with van der Waals surface area (Å²) in [6.07, 6.45) is 1.52. The molecule has 1 aliphatic carbocycles. The molecule has 0 aliphatic heterocycles. The van der Waals surface area contributed by atoms with Crippen molar-refractivity contribution in [3.8, 4) is 0 Å². The molecule has 0 aromatic heterocycles. The van der Waals surface area contributed by atoms with Crippen LogP contribution < -0.4 is 5.32 Å². The van der Waals surface area contributed by atoms with Crippen LogP contribution in [-0.4, -0.2) is 19.0 Å². The van der Waals surface area contributed by atoms with Gasteiger partial charge in [-0.2, -0.15) is 0 Å². The lowest BCUT2D eigenvalue weighted by molar-refractivity contribution is -0.118. The first kappa shape index (κ1) is 16.8. The summed E-state index contributed by atoms with van der Waals surface area (Å²) in [6.45, 7) is 0. The monoisotopic (exact) mass is 363 g/mol. The molecule has 2 aromatic carbocycles. The minimum atomic E-state index is -0.560. The molecule has 0 unspecified atom stereocenters. The number of halogens is 2. The molecule has 2 aromatic rings. The fourth-order valence-electron chi connectivity index (χ4n) is 2.65. The molecule has 124 valence electrons. The lowest BCUT2D eigenvalue weighted by Crippen LogP contribution is -2.28. The van der Waals surface area contributed by atoms with Crippen molar-refractivity contribution in [2.45, 2.75) is 18.3 Å². The molecule has 6 heteroatoms. The van der Waals surface area contributed by atoms with Gasteiger partial charge in [0.2, 0.25) is 5.91 Å². The van der Waals surface area contributed by atoms with Gasteiger partial charge in [0.25, 0.3) is 0 Å². The maximum atomic E-state index is 12.8. The number of methoxy groups -OCH3 is 1. The van der Waals surface area contributed by atoms with E-state index in [4.69, 9.17) is 23.2 Å². The van der Waals surface area contributed by atoms with E-state index in [0.717, 1.165) is 18.4 Å². The highest BCUT2D eigenvalue weighted by Crippen LogP contribution is 2.49. The molecular formula is C18H15Cl2NO3. The van der Waals surface area contributed by atoms with Crippen LogP contribution in [0, 0.1) is 0 Å². The van der Waals surface area contributed by atoms with Gasteiger partial charge in [0.1, 0.15) is 0 Å². The molecule has 1 N–H and O–H groups in total. The van der Waals surface area contributed by atoms with Crippen LogP contribution in [0.15, 0.2) is 42.5 Å². The van der Waals surface area contributed by atoms with Crippen molar-refractivity contribution in [1.82, 2.24) is 0 Å². The second-order valence-corrected chi connectivity index (χ2v) is 6.57. The molecule has 1 amide bonds. The van der Waals surface area contributed by atoms with E-state index in [9.17, 15) is 9.59 Å². The molecule has 0 spiro atoms. The van der Waals surface area contributed by atoms with Crippen LogP contribution in [0.2, 0.25) is 10.0 Å². The Kier molecular flexibility index (Phi) is 4.52. The summed E-state index contributed by atoms with van der Waals surface area (Å²) < 4.78 is 4.69. The maximum absolute atomic E-state index is 12.8. The van der Waals surface area contributed by atoms with Crippen molar-refractivity contribution >= 4 is 40.8 Å². The van der Waals surface area contributed by atoms with Gasteiger partial charge in [-0.05, 0) is 48.7 Å². The van der Waals surface area contributed by atoms with E-state index >= 15 is 0 Å². The van der Waals surface area contributed by atoms with E-state index in [1.165, 1.54) is 13.2 Å². The minimum absolute atomic E-state index is 0.145.